The van der Waals surface area contributed by atoms with Crippen molar-refractivity contribution in [1.29, 1.82) is 0 Å². The molecule has 4 aromatic rings. The summed E-state index contributed by atoms with van der Waals surface area (Å²) in [5, 5.41) is 11.0. The molecular weight excluding hydrogens is 422 g/mol. The molecule has 1 N–H and O–H groups in total. The summed E-state index contributed by atoms with van der Waals surface area (Å²) in [6.07, 6.45) is 0.152. The Morgan fingerprint density at radius 2 is 1.87 bits per heavy atom. The first kappa shape index (κ1) is 20.6. The summed E-state index contributed by atoms with van der Waals surface area (Å²) >= 11 is 0. The molecule has 1 amide bonds. The number of aromatic nitrogens is 2. The largest absolute Gasteiger partial charge is 0.493 e. The molecule has 0 aliphatic carbocycles. The fraction of sp³-hybridized carbons (Fsp3) is 0.190. The Balaban J connectivity index is 1.36. The molecule has 2 aromatic carbocycles. The first-order chi connectivity index (χ1) is 15.0. The Morgan fingerprint density at radius 1 is 1.06 bits per heavy atom. The van der Waals surface area contributed by atoms with Crippen LogP contribution in [0, 0.1) is 0 Å². The lowest BCUT2D eigenvalue weighted by atomic mass is 10.2. The summed E-state index contributed by atoms with van der Waals surface area (Å²) in [6, 6.07) is 15.2. The molecule has 0 aliphatic rings. The lowest BCUT2D eigenvalue weighted by Crippen LogP contribution is -2.14. The first-order valence-corrected chi connectivity index (χ1v) is 11.1. The third kappa shape index (κ3) is 4.58. The Bertz CT molecular complexity index is 1310. The SMILES string of the molecule is COc1cccc2cc(-c3nnc(NC(=O)CCCS(=O)(=O)c4ccccc4)o3)oc12. The number of nitrogens with one attached hydrogen (secondary N) is 1. The van der Waals surface area contributed by atoms with Gasteiger partial charge in [0, 0.05) is 11.8 Å². The topological polar surface area (TPSA) is 125 Å². The number of rotatable bonds is 8. The fourth-order valence-electron chi connectivity index (χ4n) is 3.03. The predicted octanol–water partition coefficient (Wildman–Crippen LogP) is 3.68. The maximum atomic E-state index is 12.3. The highest BCUT2D eigenvalue weighted by Gasteiger charge is 2.18. The number of sulfone groups is 1. The van der Waals surface area contributed by atoms with Gasteiger partial charge in [-0.2, -0.15) is 0 Å². The van der Waals surface area contributed by atoms with Gasteiger partial charge in [0.15, 0.2) is 26.9 Å². The molecule has 0 atom stereocenters. The summed E-state index contributed by atoms with van der Waals surface area (Å²) in [4.78, 5) is 12.4. The normalized spacial score (nSPS) is 11.5. The number of ether oxygens (including phenoxy) is 1. The maximum Gasteiger partial charge on any atom is 0.322 e. The van der Waals surface area contributed by atoms with Crippen LogP contribution in [-0.4, -0.2) is 37.4 Å². The molecule has 9 nitrogen and oxygen atoms in total. The van der Waals surface area contributed by atoms with Crippen molar-refractivity contribution in [3.8, 4) is 17.4 Å². The highest BCUT2D eigenvalue weighted by atomic mass is 32.2. The van der Waals surface area contributed by atoms with Crippen LogP contribution in [0.5, 0.6) is 5.75 Å². The van der Waals surface area contributed by atoms with Crippen LogP contribution in [0.25, 0.3) is 22.6 Å². The number of anilines is 1. The van der Waals surface area contributed by atoms with Crippen molar-refractivity contribution in [2.75, 3.05) is 18.2 Å². The van der Waals surface area contributed by atoms with Crippen molar-refractivity contribution in [2.24, 2.45) is 0 Å². The number of para-hydroxylation sites is 1. The summed E-state index contributed by atoms with van der Waals surface area (Å²) in [6.45, 7) is 0. The number of methoxy groups -OCH3 is 1. The van der Waals surface area contributed by atoms with Gasteiger partial charge in [-0.25, -0.2) is 8.42 Å². The Labute approximate surface area is 177 Å². The molecule has 4 rings (SSSR count). The van der Waals surface area contributed by atoms with Crippen molar-refractivity contribution < 1.29 is 26.8 Å². The molecule has 0 saturated heterocycles. The molecule has 0 saturated carbocycles. The van der Waals surface area contributed by atoms with E-state index in [1.54, 1.807) is 37.4 Å². The minimum Gasteiger partial charge on any atom is -0.493 e. The molecule has 10 heteroatoms. The van der Waals surface area contributed by atoms with Gasteiger partial charge in [-0.3, -0.25) is 10.1 Å². The van der Waals surface area contributed by atoms with Gasteiger partial charge in [0.25, 0.3) is 5.89 Å². The van der Waals surface area contributed by atoms with Gasteiger partial charge in [0.2, 0.25) is 5.91 Å². The zero-order valence-corrected chi connectivity index (χ0v) is 17.4. The lowest BCUT2D eigenvalue weighted by molar-refractivity contribution is -0.116. The Morgan fingerprint density at radius 3 is 2.65 bits per heavy atom. The number of hydrogen-bond acceptors (Lipinski definition) is 8. The zero-order chi connectivity index (χ0) is 21.8. The van der Waals surface area contributed by atoms with Gasteiger partial charge in [0.1, 0.15) is 0 Å². The number of furan rings is 1. The van der Waals surface area contributed by atoms with E-state index in [1.165, 1.54) is 12.1 Å². The first-order valence-electron chi connectivity index (χ1n) is 9.44. The highest BCUT2D eigenvalue weighted by Crippen LogP contribution is 2.33. The standard InChI is InChI=1S/C21H19N3O6S/c1-28-16-10-5-7-14-13-17(29-19(14)16)20-23-24-21(30-20)22-18(25)11-6-12-31(26,27)15-8-3-2-4-9-15/h2-5,7-10,13H,6,11-12H2,1H3,(H,22,24,25). The smallest absolute Gasteiger partial charge is 0.322 e. The second-order valence-electron chi connectivity index (χ2n) is 6.69. The number of fused-ring (bicyclic) bond motifs is 1. The number of amides is 1. The van der Waals surface area contributed by atoms with Gasteiger partial charge >= 0.3 is 6.01 Å². The van der Waals surface area contributed by atoms with E-state index in [-0.39, 0.29) is 35.4 Å². The monoisotopic (exact) mass is 441 g/mol. The van der Waals surface area contributed by atoms with Crippen LogP contribution in [0.2, 0.25) is 0 Å². The molecule has 0 aliphatic heterocycles. The number of benzene rings is 2. The van der Waals surface area contributed by atoms with Gasteiger partial charge in [-0.1, -0.05) is 35.4 Å². The van der Waals surface area contributed by atoms with E-state index in [1.807, 2.05) is 12.1 Å². The van der Waals surface area contributed by atoms with Gasteiger partial charge in [-0.05, 0) is 30.7 Å². The summed E-state index contributed by atoms with van der Waals surface area (Å²) in [7, 11) is -1.89. The average molecular weight is 441 g/mol. The minimum atomic E-state index is -3.43. The van der Waals surface area contributed by atoms with Gasteiger partial charge in [0.05, 0.1) is 17.8 Å². The highest BCUT2D eigenvalue weighted by molar-refractivity contribution is 7.91. The quantitative estimate of drug-likeness (QED) is 0.439. The summed E-state index contributed by atoms with van der Waals surface area (Å²) in [5.41, 5.74) is 0.545. The van der Waals surface area contributed by atoms with Gasteiger partial charge < -0.3 is 13.6 Å². The summed E-state index contributed by atoms with van der Waals surface area (Å²) < 4.78 is 41.0. The van der Waals surface area contributed by atoms with Crippen LogP contribution in [-0.2, 0) is 14.6 Å². The molecule has 0 spiro atoms. The fourth-order valence-corrected chi connectivity index (χ4v) is 4.36. The van der Waals surface area contributed by atoms with E-state index < -0.39 is 15.7 Å². The minimum absolute atomic E-state index is 0.00832. The molecule has 0 unspecified atom stereocenters. The zero-order valence-electron chi connectivity index (χ0n) is 16.6. The van der Waals surface area contributed by atoms with Crippen LogP contribution >= 0.6 is 0 Å². The van der Waals surface area contributed by atoms with Crippen LogP contribution in [0.3, 0.4) is 0 Å². The number of carbonyl (C=O) groups is 1. The Kier molecular flexibility index (Phi) is 5.72. The maximum absolute atomic E-state index is 12.3. The van der Waals surface area contributed by atoms with Crippen LogP contribution in [0.15, 0.2) is 68.3 Å². The molecule has 0 fully saturated rings. The lowest BCUT2D eigenvalue weighted by Gasteiger charge is -2.04. The van der Waals surface area contributed by atoms with E-state index in [4.69, 9.17) is 13.6 Å². The van der Waals surface area contributed by atoms with Crippen molar-refractivity contribution in [2.45, 2.75) is 17.7 Å². The van der Waals surface area contributed by atoms with Crippen molar-refractivity contribution in [3.05, 3.63) is 54.6 Å². The van der Waals surface area contributed by atoms with Crippen molar-refractivity contribution in [3.63, 3.8) is 0 Å². The van der Waals surface area contributed by atoms with Gasteiger partial charge in [-0.15, -0.1) is 5.10 Å². The van der Waals surface area contributed by atoms with Crippen molar-refractivity contribution >= 4 is 32.7 Å². The van der Waals surface area contributed by atoms with E-state index in [0.29, 0.717) is 17.1 Å². The van der Waals surface area contributed by atoms with E-state index >= 15 is 0 Å². The number of carbonyl (C=O) groups excluding carboxylic acids is 1. The number of nitrogens with zero attached hydrogens (tertiary/aromatic N) is 2. The second kappa shape index (κ2) is 8.60. The summed E-state index contributed by atoms with van der Waals surface area (Å²) in [5.74, 6) is 0.439. The molecule has 0 radical (unpaired) electrons. The van der Waals surface area contributed by atoms with Crippen LogP contribution < -0.4 is 10.1 Å². The van der Waals surface area contributed by atoms with Crippen LogP contribution in [0.4, 0.5) is 6.01 Å². The van der Waals surface area contributed by atoms with Crippen LogP contribution in [0.1, 0.15) is 12.8 Å². The predicted molar refractivity (Wildman–Crippen MR) is 112 cm³/mol. The Hall–Kier alpha value is -3.66. The number of hydrogen-bond donors (Lipinski definition) is 1. The molecule has 2 heterocycles. The third-order valence-corrected chi connectivity index (χ3v) is 6.35. The second-order valence-corrected chi connectivity index (χ2v) is 8.79. The molecule has 160 valence electrons. The molecular formula is C21H19N3O6S. The molecule has 0 bridgehead atoms. The van der Waals surface area contributed by atoms with E-state index in [9.17, 15) is 13.2 Å². The molecule has 2 aromatic heterocycles. The van der Waals surface area contributed by atoms with Crippen molar-refractivity contribution in [1.82, 2.24) is 10.2 Å². The van der Waals surface area contributed by atoms with E-state index in [0.717, 1.165) is 5.39 Å². The third-order valence-electron chi connectivity index (χ3n) is 4.53. The molecule has 31 heavy (non-hydrogen) atoms. The average Bonchev–Trinajstić information content (AvgIpc) is 3.40. The van der Waals surface area contributed by atoms with E-state index in [2.05, 4.69) is 15.5 Å².